The maximum atomic E-state index is 11.6. The first-order chi connectivity index (χ1) is 13.7. The second-order valence-electron chi connectivity index (χ2n) is 6.48. The Balaban J connectivity index is 2.16. The highest BCUT2D eigenvalue weighted by atomic mass is 127. The number of phenolic OH excluding ortho intramolecular Hbond substituents is 1. The fraction of sp³-hybridized carbons (Fsp3) is 0.350. The van der Waals surface area contributed by atoms with Crippen molar-refractivity contribution in [2.45, 2.75) is 38.6 Å². The van der Waals surface area contributed by atoms with Gasteiger partial charge in [0.05, 0.1) is 14.3 Å². The van der Waals surface area contributed by atoms with Crippen molar-refractivity contribution in [1.82, 2.24) is 5.32 Å². The molecule has 0 aliphatic heterocycles. The molecular formula is C20H21I4NO4. The number of unbranched alkanes of at least 4 members (excludes halogenated alkanes) is 2. The fourth-order valence-corrected chi connectivity index (χ4v) is 6.51. The monoisotopic (exact) mass is 847 g/mol. The summed E-state index contributed by atoms with van der Waals surface area (Å²) in [6.45, 7) is 2.83. The molecule has 0 amide bonds. The van der Waals surface area contributed by atoms with Crippen LogP contribution >= 0.6 is 90.4 Å². The van der Waals surface area contributed by atoms with E-state index in [1.54, 1.807) is 12.1 Å². The number of rotatable bonds is 10. The number of nitrogens with one attached hydrogen (secondary N) is 1. The predicted octanol–water partition coefficient (Wildman–Crippen LogP) is 6.38. The minimum absolute atomic E-state index is 0.254. The molecule has 0 saturated heterocycles. The van der Waals surface area contributed by atoms with Crippen LogP contribution in [-0.4, -0.2) is 28.8 Å². The Hall–Kier alpha value is 0.390. The summed E-state index contributed by atoms with van der Waals surface area (Å²) in [7, 11) is 0. The number of hydrogen-bond donors (Lipinski definition) is 3. The molecule has 1 atom stereocenters. The van der Waals surface area contributed by atoms with Gasteiger partial charge in [-0.05, 0) is 140 Å². The van der Waals surface area contributed by atoms with Crippen molar-refractivity contribution >= 4 is 96.3 Å². The van der Waals surface area contributed by atoms with Gasteiger partial charge in [0.2, 0.25) is 0 Å². The van der Waals surface area contributed by atoms with Crippen LogP contribution in [-0.2, 0) is 11.2 Å². The lowest BCUT2D eigenvalue weighted by molar-refractivity contribution is -0.139. The SMILES string of the molecule is CCCCCN[C@@H](Cc1cc(I)c(Oc2cc(I)c(O)c(I)c2)c(I)c1)C(=O)O. The Morgan fingerprint density at radius 2 is 1.62 bits per heavy atom. The number of aliphatic carboxylic acids is 1. The van der Waals surface area contributed by atoms with Gasteiger partial charge in [0, 0.05) is 0 Å². The standard InChI is InChI=1S/C20H21I4NO4/c1-2-3-4-5-25-17(20(27)28)8-11-6-15(23)19(16(24)7-11)29-12-9-13(21)18(26)14(22)10-12/h6-7,9-10,17,25-26H,2-5,8H2,1H3,(H,27,28)/t17-/m0/s1. The van der Waals surface area contributed by atoms with Crippen molar-refractivity contribution in [3.05, 3.63) is 44.1 Å². The minimum atomic E-state index is -0.833. The van der Waals surface area contributed by atoms with Crippen molar-refractivity contribution in [1.29, 1.82) is 0 Å². The van der Waals surface area contributed by atoms with Crippen LogP contribution in [0, 0.1) is 14.3 Å². The van der Waals surface area contributed by atoms with E-state index in [1.807, 2.05) is 12.1 Å². The van der Waals surface area contributed by atoms with Gasteiger partial charge in [0.1, 0.15) is 17.5 Å². The molecule has 2 aromatic rings. The van der Waals surface area contributed by atoms with Gasteiger partial charge >= 0.3 is 5.97 Å². The van der Waals surface area contributed by atoms with Crippen molar-refractivity contribution in [2.75, 3.05) is 6.54 Å². The Labute approximate surface area is 225 Å². The summed E-state index contributed by atoms with van der Waals surface area (Å²) in [6, 6.07) is 6.92. The van der Waals surface area contributed by atoms with Crippen molar-refractivity contribution in [3.8, 4) is 17.2 Å². The van der Waals surface area contributed by atoms with Crippen LogP contribution in [0.5, 0.6) is 17.2 Å². The lowest BCUT2D eigenvalue weighted by Crippen LogP contribution is -2.39. The minimum Gasteiger partial charge on any atom is -0.506 e. The summed E-state index contributed by atoms with van der Waals surface area (Å²) in [5.74, 6) is 0.806. The molecule has 5 nitrogen and oxygen atoms in total. The molecule has 0 radical (unpaired) electrons. The Morgan fingerprint density at radius 3 is 2.14 bits per heavy atom. The van der Waals surface area contributed by atoms with E-state index in [0.29, 0.717) is 18.7 Å². The lowest BCUT2D eigenvalue weighted by atomic mass is 10.1. The number of carboxylic acid groups (broad SMARTS) is 1. The second kappa shape index (κ2) is 12.4. The molecule has 0 saturated carbocycles. The number of benzene rings is 2. The molecule has 2 aromatic carbocycles. The van der Waals surface area contributed by atoms with E-state index in [0.717, 1.165) is 44.9 Å². The molecule has 0 aromatic heterocycles. The van der Waals surface area contributed by atoms with Gasteiger partial charge in [-0.2, -0.15) is 0 Å². The third kappa shape index (κ3) is 7.79. The van der Waals surface area contributed by atoms with Crippen LogP contribution in [0.15, 0.2) is 24.3 Å². The molecule has 0 heterocycles. The smallest absolute Gasteiger partial charge is 0.321 e. The Kier molecular flexibility index (Phi) is 11.0. The maximum Gasteiger partial charge on any atom is 0.321 e. The molecule has 158 valence electrons. The zero-order valence-electron chi connectivity index (χ0n) is 15.6. The second-order valence-corrected chi connectivity index (χ2v) is 11.1. The van der Waals surface area contributed by atoms with E-state index in [4.69, 9.17) is 4.74 Å². The average molecular weight is 847 g/mol. The number of carbonyl (C=O) groups is 1. The molecule has 0 unspecified atom stereocenters. The third-order valence-electron chi connectivity index (χ3n) is 4.18. The molecule has 0 bridgehead atoms. The lowest BCUT2D eigenvalue weighted by Gasteiger charge is -2.17. The fourth-order valence-electron chi connectivity index (χ4n) is 2.68. The molecule has 0 spiro atoms. The average Bonchev–Trinajstić information content (AvgIpc) is 2.65. The molecule has 29 heavy (non-hydrogen) atoms. The van der Waals surface area contributed by atoms with Crippen LogP contribution in [0.2, 0.25) is 0 Å². The van der Waals surface area contributed by atoms with Crippen LogP contribution < -0.4 is 10.1 Å². The van der Waals surface area contributed by atoms with Crippen LogP contribution in [0.25, 0.3) is 0 Å². The summed E-state index contributed by atoms with van der Waals surface area (Å²) in [5.41, 5.74) is 0.955. The van der Waals surface area contributed by atoms with E-state index in [-0.39, 0.29) is 5.75 Å². The van der Waals surface area contributed by atoms with E-state index in [1.165, 1.54) is 0 Å². The van der Waals surface area contributed by atoms with Gasteiger partial charge in [-0.3, -0.25) is 4.79 Å². The molecule has 0 aliphatic rings. The third-order valence-corrected chi connectivity index (χ3v) is 7.42. The molecular weight excluding hydrogens is 826 g/mol. The van der Waals surface area contributed by atoms with Crippen LogP contribution in [0.3, 0.4) is 0 Å². The Morgan fingerprint density at radius 1 is 1.03 bits per heavy atom. The van der Waals surface area contributed by atoms with E-state index < -0.39 is 12.0 Å². The van der Waals surface area contributed by atoms with Crippen molar-refractivity contribution in [3.63, 3.8) is 0 Å². The largest absolute Gasteiger partial charge is 0.506 e. The van der Waals surface area contributed by atoms with Gasteiger partial charge < -0.3 is 20.3 Å². The maximum absolute atomic E-state index is 11.6. The number of phenols is 1. The first-order valence-electron chi connectivity index (χ1n) is 9.02. The van der Waals surface area contributed by atoms with E-state index in [9.17, 15) is 15.0 Å². The van der Waals surface area contributed by atoms with E-state index >= 15 is 0 Å². The highest BCUT2D eigenvalue weighted by Crippen LogP contribution is 2.37. The first kappa shape index (κ1) is 25.6. The van der Waals surface area contributed by atoms with Crippen LogP contribution in [0.1, 0.15) is 31.7 Å². The van der Waals surface area contributed by atoms with Crippen LogP contribution in [0.4, 0.5) is 0 Å². The topological polar surface area (TPSA) is 78.8 Å². The summed E-state index contributed by atoms with van der Waals surface area (Å²) >= 11 is 8.58. The molecule has 0 fully saturated rings. The summed E-state index contributed by atoms with van der Waals surface area (Å²) in [4.78, 5) is 11.6. The quantitative estimate of drug-likeness (QED) is 0.191. The van der Waals surface area contributed by atoms with Crippen molar-refractivity contribution < 1.29 is 19.7 Å². The van der Waals surface area contributed by atoms with Gasteiger partial charge in [-0.15, -0.1) is 0 Å². The number of carboxylic acids is 1. The molecule has 9 heteroatoms. The van der Waals surface area contributed by atoms with Gasteiger partial charge in [-0.25, -0.2) is 0 Å². The number of aromatic hydroxyl groups is 1. The highest BCUT2D eigenvalue weighted by Gasteiger charge is 2.19. The predicted molar refractivity (Wildman–Crippen MR) is 148 cm³/mol. The molecule has 0 aliphatic carbocycles. The molecule has 2 rings (SSSR count). The number of halogens is 4. The number of ether oxygens (including phenoxy) is 1. The van der Waals surface area contributed by atoms with E-state index in [2.05, 4.69) is 103 Å². The van der Waals surface area contributed by atoms with Gasteiger partial charge in [0.25, 0.3) is 0 Å². The normalized spacial score (nSPS) is 12.0. The van der Waals surface area contributed by atoms with Gasteiger partial charge in [-0.1, -0.05) is 19.8 Å². The number of hydrogen-bond acceptors (Lipinski definition) is 4. The highest BCUT2D eigenvalue weighted by molar-refractivity contribution is 14.1. The Bertz CT molecular complexity index is 830. The van der Waals surface area contributed by atoms with Crippen molar-refractivity contribution in [2.24, 2.45) is 0 Å². The molecule has 3 N–H and O–H groups in total. The van der Waals surface area contributed by atoms with Gasteiger partial charge in [0.15, 0.2) is 5.75 Å². The first-order valence-corrected chi connectivity index (χ1v) is 13.3. The zero-order valence-corrected chi connectivity index (χ0v) is 24.3. The summed E-state index contributed by atoms with van der Waals surface area (Å²) < 4.78 is 9.37. The summed E-state index contributed by atoms with van der Waals surface area (Å²) in [6.07, 6.45) is 3.60. The zero-order chi connectivity index (χ0) is 21.6. The summed E-state index contributed by atoms with van der Waals surface area (Å²) in [5, 5.41) is 22.6.